The highest BCUT2D eigenvalue weighted by Crippen LogP contribution is 2.37. The molecule has 0 aromatic heterocycles. The van der Waals surface area contributed by atoms with Crippen molar-refractivity contribution < 1.29 is 14.0 Å². The first kappa shape index (κ1) is 24.5. The van der Waals surface area contributed by atoms with Crippen LogP contribution in [0.2, 0.25) is 5.02 Å². The maximum absolute atomic E-state index is 13.2. The number of thioether (sulfide) groups is 1. The molecule has 35 heavy (non-hydrogen) atoms. The van der Waals surface area contributed by atoms with Gasteiger partial charge in [0.25, 0.3) is 0 Å². The molecule has 4 aromatic rings. The van der Waals surface area contributed by atoms with Gasteiger partial charge in [-0.1, -0.05) is 60.1 Å². The van der Waals surface area contributed by atoms with Crippen molar-refractivity contribution in [1.82, 2.24) is 0 Å². The predicted octanol–water partition coefficient (Wildman–Crippen LogP) is 7.13. The summed E-state index contributed by atoms with van der Waals surface area (Å²) >= 11 is 7.28. The Balaban J connectivity index is 1.48. The first-order chi connectivity index (χ1) is 17.0. The van der Waals surface area contributed by atoms with E-state index in [1.54, 1.807) is 18.2 Å². The van der Waals surface area contributed by atoms with Crippen LogP contribution >= 0.6 is 23.4 Å². The fourth-order valence-electron chi connectivity index (χ4n) is 3.42. The van der Waals surface area contributed by atoms with Crippen molar-refractivity contribution in [1.29, 1.82) is 0 Å². The van der Waals surface area contributed by atoms with Crippen LogP contribution in [-0.2, 0) is 16.0 Å². The topological polar surface area (TPSA) is 58.2 Å². The highest BCUT2D eigenvalue weighted by molar-refractivity contribution is 8.00. The summed E-state index contributed by atoms with van der Waals surface area (Å²) in [5, 5.41) is 5.84. The van der Waals surface area contributed by atoms with E-state index in [4.69, 9.17) is 11.6 Å². The molecule has 7 heteroatoms. The Kier molecular flexibility index (Phi) is 8.19. The van der Waals surface area contributed by atoms with Gasteiger partial charge in [0.05, 0.1) is 6.42 Å². The lowest BCUT2D eigenvalue weighted by Gasteiger charge is -2.18. The summed E-state index contributed by atoms with van der Waals surface area (Å²) in [5.74, 6) is -0.750. The smallest absolute Gasteiger partial charge is 0.242 e. The zero-order valence-electron chi connectivity index (χ0n) is 18.6. The Hall–Kier alpha value is -3.61. The largest absolute Gasteiger partial charge is 0.326 e. The number of hydrogen-bond donors (Lipinski definition) is 2. The quantitative estimate of drug-likeness (QED) is 0.251. The van der Waals surface area contributed by atoms with Crippen molar-refractivity contribution in [3.05, 3.63) is 125 Å². The van der Waals surface area contributed by atoms with Crippen molar-refractivity contribution in [3.8, 4) is 0 Å². The molecule has 0 saturated carbocycles. The number of rotatable bonds is 8. The van der Waals surface area contributed by atoms with E-state index in [1.165, 1.54) is 36.0 Å². The minimum absolute atomic E-state index is 0.150. The lowest BCUT2D eigenvalue weighted by molar-refractivity contribution is -0.116. The summed E-state index contributed by atoms with van der Waals surface area (Å²) in [7, 11) is 0. The molecular weight excluding hydrogens is 483 g/mol. The van der Waals surface area contributed by atoms with Crippen LogP contribution in [0.15, 0.2) is 108 Å². The van der Waals surface area contributed by atoms with E-state index in [-0.39, 0.29) is 24.1 Å². The third-order valence-corrected chi connectivity index (χ3v) is 6.60. The summed E-state index contributed by atoms with van der Waals surface area (Å²) in [4.78, 5) is 26.5. The third kappa shape index (κ3) is 7.18. The summed E-state index contributed by atoms with van der Waals surface area (Å²) < 4.78 is 13.2. The summed E-state index contributed by atoms with van der Waals surface area (Å²) in [6.45, 7) is 0. The minimum Gasteiger partial charge on any atom is -0.326 e. The number of anilines is 2. The van der Waals surface area contributed by atoms with Crippen LogP contribution in [0.5, 0.6) is 0 Å². The lowest BCUT2D eigenvalue weighted by atomic mass is 10.1. The Labute approximate surface area is 212 Å². The van der Waals surface area contributed by atoms with Gasteiger partial charge < -0.3 is 10.6 Å². The second kappa shape index (κ2) is 11.7. The fraction of sp³-hybridized carbons (Fsp3) is 0.0714. The highest BCUT2D eigenvalue weighted by Gasteiger charge is 2.22. The molecule has 0 radical (unpaired) electrons. The monoisotopic (exact) mass is 504 g/mol. The van der Waals surface area contributed by atoms with Gasteiger partial charge in [-0.25, -0.2) is 4.39 Å². The van der Waals surface area contributed by atoms with Gasteiger partial charge in [0.1, 0.15) is 11.1 Å². The molecule has 4 nitrogen and oxygen atoms in total. The van der Waals surface area contributed by atoms with Gasteiger partial charge in [-0.2, -0.15) is 0 Å². The van der Waals surface area contributed by atoms with Gasteiger partial charge in [0.15, 0.2) is 0 Å². The van der Waals surface area contributed by atoms with Gasteiger partial charge in [-0.3, -0.25) is 9.59 Å². The molecule has 0 heterocycles. The molecule has 1 atom stereocenters. The van der Waals surface area contributed by atoms with E-state index >= 15 is 0 Å². The van der Waals surface area contributed by atoms with Crippen molar-refractivity contribution >= 4 is 46.6 Å². The highest BCUT2D eigenvalue weighted by atomic mass is 35.5. The second-order valence-electron chi connectivity index (χ2n) is 7.78. The van der Waals surface area contributed by atoms with Crippen LogP contribution in [0.4, 0.5) is 15.8 Å². The Morgan fingerprint density at radius 1 is 0.800 bits per heavy atom. The number of benzene rings is 4. The van der Waals surface area contributed by atoms with Gasteiger partial charge >= 0.3 is 0 Å². The average molecular weight is 505 g/mol. The molecular formula is C28H22ClFN2O2S. The zero-order valence-corrected chi connectivity index (χ0v) is 20.2. The molecule has 4 rings (SSSR count). The van der Waals surface area contributed by atoms with Crippen LogP contribution in [0, 0.1) is 5.82 Å². The van der Waals surface area contributed by atoms with E-state index in [0.717, 1.165) is 16.0 Å². The average Bonchev–Trinajstić information content (AvgIpc) is 2.86. The Morgan fingerprint density at radius 2 is 1.51 bits per heavy atom. The van der Waals surface area contributed by atoms with E-state index in [2.05, 4.69) is 10.6 Å². The van der Waals surface area contributed by atoms with Gasteiger partial charge in [0.2, 0.25) is 11.8 Å². The van der Waals surface area contributed by atoms with Gasteiger partial charge in [-0.15, -0.1) is 11.8 Å². The molecule has 176 valence electrons. The molecule has 0 fully saturated rings. The molecule has 2 amide bonds. The Bertz CT molecular complexity index is 1300. The molecule has 0 saturated heterocycles. The van der Waals surface area contributed by atoms with Gasteiger partial charge in [-0.05, 0) is 65.7 Å². The normalized spacial score (nSPS) is 11.5. The molecule has 1 unspecified atom stereocenters. The van der Waals surface area contributed by atoms with Gasteiger partial charge in [0, 0.05) is 21.3 Å². The molecule has 2 N–H and O–H groups in total. The molecule has 0 aliphatic carbocycles. The fourth-order valence-corrected chi connectivity index (χ4v) is 4.63. The maximum atomic E-state index is 13.2. The number of amides is 2. The van der Waals surface area contributed by atoms with E-state index < -0.39 is 5.25 Å². The second-order valence-corrected chi connectivity index (χ2v) is 9.40. The maximum Gasteiger partial charge on any atom is 0.242 e. The van der Waals surface area contributed by atoms with E-state index in [1.807, 2.05) is 60.7 Å². The number of hydrogen-bond acceptors (Lipinski definition) is 3. The summed E-state index contributed by atoms with van der Waals surface area (Å²) in [6, 6.07) is 29.6. The number of halogens is 2. The lowest BCUT2D eigenvalue weighted by Crippen LogP contribution is -2.19. The standard InChI is InChI=1S/C28H22ClFN2O2S/c29-21-11-9-19(10-12-21)17-26(33)31-24-7-4-8-25(18-24)35-27(20-5-2-1-3-6-20)28(34)32-23-15-13-22(30)14-16-23/h1-16,18,27H,17H2,(H,31,33)(H,32,34). The predicted molar refractivity (Wildman–Crippen MR) is 140 cm³/mol. The number of carbonyl (C=O) groups is 2. The van der Waals surface area contributed by atoms with E-state index in [0.29, 0.717) is 16.4 Å². The molecule has 0 aliphatic rings. The molecule has 4 aromatic carbocycles. The van der Waals surface area contributed by atoms with Crippen LogP contribution < -0.4 is 10.6 Å². The molecule has 0 spiro atoms. The zero-order chi connectivity index (χ0) is 24.6. The van der Waals surface area contributed by atoms with Crippen LogP contribution in [-0.4, -0.2) is 11.8 Å². The number of nitrogens with one attached hydrogen (secondary N) is 2. The summed E-state index contributed by atoms with van der Waals surface area (Å²) in [5.41, 5.74) is 2.84. The first-order valence-corrected chi connectivity index (χ1v) is 12.1. The molecule has 0 aliphatic heterocycles. The van der Waals surface area contributed by atoms with Crippen molar-refractivity contribution in [2.75, 3.05) is 10.6 Å². The molecule has 0 bridgehead atoms. The first-order valence-electron chi connectivity index (χ1n) is 10.9. The van der Waals surface area contributed by atoms with Crippen LogP contribution in [0.3, 0.4) is 0 Å². The third-order valence-electron chi connectivity index (χ3n) is 5.10. The van der Waals surface area contributed by atoms with Crippen LogP contribution in [0.25, 0.3) is 0 Å². The summed E-state index contributed by atoms with van der Waals surface area (Å²) in [6.07, 6.45) is 0.223. The van der Waals surface area contributed by atoms with Crippen molar-refractivity contribution in [2.24, 2.45) is 0 Å². The minimum atomic E-state index is -0.554. The number of carbonyl (C=O) groups excluding carboxylic acids is 2. The van der Waals surface area contributed by atoms with Crippen molar-refractivity contribution in [3.63, 3.8) is 0 Å². The van der Waals surface area contributed by atoms with Crippen molar-refractivity contribution in [2.45, 2.75) is 16.6 Å². The van der Waals surface area contributed by atoms with Crippen LogP contribution in [0.1, 0.15) is 16.4 Å². The SMILES string of the molecule is O=C(Cc1ccc(Cl)cc1)Nc1cccc(SC(C(=O)Nc2ccc(F)cc2)c2ccccc2)c1. The Morgan fingerprint density at radius 3 is 2.23 bits per heavy atom. The van der Waals surface area contributed by atoms with E-state index in [9.17, 15) is 14.0 Å².